The van der Waals surface area contributed by atoms with Crippen LogP contribution in [0.4, 0.5) is 0 Å². The van der Waals surface area contributed by atoms with Gasteiger partial charge in [-0.05, 0) is 44.6 Å². The zero-order valence-electron chi connectivity index (χ0n) is 12.9. The molecule has 19 heavy (non-hydrogen) atoms. The molecule has 0 spiro atoms. The van der Waals surface area contributed by atoms with E-state index in [2.05, 4.69) is 56.4 Å². The first-order valence-corrected chi connectivity index (χ1v) is 7.15. The van der Waals surface area contributed by atoms with Crippen molar-refractivity contribution in [3.8, 4) is 5.75 Å². The van der Waals surface area contributed by atoms with Crippen LogP contribution in [0.5, 0.6) is 5.75 Å². The lowest BCUT2D eigenvalue weighted by Crippen LogP contribution is -2.37. The molecule has 0 aromatic heterocycles. The van der Waals surface area contributed by atoms with E-state index in [0.717, 1.165) is 25.1 Å². The Morgan fingerprint density at radius 1 is 1.21 bits per heavy atom. The molecule has 0 bridgehead atoms. The van der Waals surface area contributed by atoms with Crippen LogP contribution in [0.3, 0.4) is 0 Å². The van der Waals surface area contributed by atoms with E-state index in [4.69, 9.17) is 4.74 Å². The Morgan fingerprint density at radius 3 is 2.42 bits per heavy atom. The Bertz CT molecular complexity index is 362. The van der Waals surface area contributed by atoms with E-state index < -0.39 is 0 Å². The van der Waals surface area contributed by atoms with E-state index >= 15 is 0 Å². The summed E-state index contributed by atoms with van der Waals surface area (Å²) in [7, 11) is 5.94. The van der Waals surface area contributed by atoms with Crippen LogP contribution in [0.2, 0.25) is 0 Å². The van der Waals surface area contributed by atoms with E-state index in [-0.39, 0.29) is 0 Å². The summed E-state index contributed by atoms with van der Waals surface area (Å²) in [5.74, 6) is 0.924. The highest BCUT2D eigenvalue weighted by Crippen LogP contribution is 2.21. The molecule has 0 fully saturated rings. The first-order valence-electron chi connectivity index (χ1n) is 7.15. The minimum Gasteiger partial charge on any atom is -0.497 e. The first kappa shape index (κ1) is 16.0. The number of ether oxygens (including phenoxy) is 1. The van der Waals surface area contributed by atoms with E-state index in [1.165, 1.54) is 5.56 Å². The van der Waals surface area contributed by atoms with Gasteiger partial charge < -0.3 is 15.0 Å². The van der Waals surface area contributed by atoms with Gasteiger partial charge in [0.15, 0.2) is 0 Å². The fourth-order valence-corrected chi connectivity index (χ4v) is 2.29. The quantitative estimate of drug-likeness (QED) is 0.781. The highest BCUT2D eigenvalue weighted by molar-refractivity contribution is 5.30. The predicted molar refractivity (Wildman–Crippen MR) is 81.8 cm³/mol. The normalized spacial score (nSPS) is 13.0. The molecule has 108 valence electrons. The SMILES string of the molecule is CCC(CC)NC(CN(C)C)c1cccc(OC)c1. The van der Waals surface area contributed by atoms with Crippen LogP contribution in [0.1, 0.15) is 38.3 Å². The summed E-state index contributed by atoms with van der Waals surface area (Å²) in [5, 5.41) is 3.76. The molecule has 1 N–H and O–H groups in total. The van der Waals surface area contributed by atoms with E-state index in [9.17, 15) is 0 Å². The molecule has 3 heteroatoms. The van der Waals surface area contributed by atoms with Crippen LogP contribution < -0.4 is 10.1 Å². The summed E-state index contributed by atoms with van der Waals surface area (Å²) in [5.41, 5.74) is 1.29. The van der Waals surface area contributed by atoms with Crippen molar-refractivity contribution >= 4 is 0 Å². The second-order valence-electron chi connectivity index (χ2n) is 5.27. The Labute approximate surface area is 118 Å². The van der Waals surface area contributed by atoms with Gasteiger partial charge >= 0.3 is 0 Å². The lowest BCUT2D eigenvalue weighted by Gasteiger charge is -2.27. The highest BCUT2D eigenvalue weighted by atomic mass is 16.5. The van der Waals surface area contributed by atoms with Crippen molar-refractivity contribution in [2.75, 3.05) is 27.7 Å². The van der Waals surface area contributed by atoms with Crippen LogP contribution in [0.25, 0.3) is 0 Å². The summed E-state index contributed by atoms with van der Waals surface area (Å²) in [6.45, 7) is 5.46. The minimum atomic E-state index is 0.343. The summed E-state index contributed by atoms with van der Waals surface area (Å²) < 4.78 is 5.33. The molecule has 1 aromatic rings. The van der Waals surface area contributed by atoms with Gasteiger partial charge in [-0.15, -0.1) is 0 Å². The summed E-state index contributed by atoms with van der Waals surface area (Å²) in [6.07, 6.45) is 2.31. The zero-order chi connectivity index (χ0) is 14.3. The Morgan fingerprint density at radius 2 is 1.89 bits per heavy atom. The number of hydrogen-bond donors (Lipinski definition) is 1. The Hall–Kier alpha value is -1.06. The lowest BCUT2D eigenvalue weighted by atomic mass is 10.0. The van der Waals surface area contributed by atoms with E-state index in [0.29, 0.717) is 12.1 Å². The number of methoxy groups -OCH3 is 1. The van der Waals surface area contributed by atoms with Crippen molar-refractivity contribution in [2.24, 2.45) is 0 Å². The molecule has 1 aromatic carbocycles. The molecule has 1 unspecified atom stereocenters. The smallest absolute Gasteiger partial charge is 0.119 e. The first-order chi connectivity index (χ1) is 9.10. The summed E-state index contributed by atoms with van der Waals surface area (Å²) >= 11 is 0. The van der Waals surface area contributed by atoms with Crippen molar-refractivity contribution in [1.29, 1.82) is 0 Å². The largest absolute Gasteiger partial charge is 0.497 e. The van der Waals surface area contributed by atoms with E-state index in [1.807, 2.05) is 6.07 Å². The molecule has 0 radical (unpaired) electrons. The maximum atomic E-state index is 5.33. The second-order valence-corrected chi connectivity index (χ2v) is 5.27. The number of hydrogen-bond acceptors (Lipinski definition) is 3. The molecule has 0 aliphatic carbocycles. The fraction of sp³-hybridized carbons (Fsp3) is 0.625. The minimum absolute atomic E-state index is 0.343. The summed E-state index contributed by atoms with van der Waals surface area (Å²) in [6, 6.07) is 9.26. The van der Waals surface area contributed by atoms with Crippen molar-refractivity contribution in [3.63, 3.8) is 0 Å². The third-order valence-corrected chi connectivity index (χ3v) is 3.47. The van der Waals surface area contributed by atoms with E-state index in [1.54, 1.807) is 7.11 Å². The van der Waals surface area contributed by atoms with Gasteiger partial charge in [0.1, 0.15) is 5.75 Å². The van der Waals surface area contributed by atoms with Crippen molar-refractivity contribution in [2.45, 2.75) is 38.8 Å². The monoisotopic (exact) mass is 264 g/mol. The standard InChI is InChI=1S/C16H28N2O/c1-6-14(7-2)17-16(12-18(3)4)13-9-8-10-15(11-13)19-5/h8-11,14,16-17H,6-7,12H2,1-5H3. The maximum Gasteiger partial charge on any atom is 0.119 e. The van der Waals surface area contributed by atoms with Gasteiger partial charge in [-0.2, -0.15) is 0 Å². The third-order valence-electron chi connectivity index (χ3n) is 3.47. The number of benzene rings is 1. The van der Waals surface area contributed by atoms with Crippen LogP contribution in [-0.2, 0) is 0 Å². The van der Waals surface area contributed by atoms with Crippen LogP contribution in [0, 0.1) is 0 Å². The highest BCUT2D eigenvalue weighted by Gasteiger charge is 2.16. The van der Waals surface area contributed by atoms with Gasteiger partial charge in [0.2, 0.25) is 0 Å². The van der Waals surface area contributed by atoms with Gasteiger partial charge in [-0.25, -0.2) is 0 Å². The van der Waals surface area contributed by atoms with Crippen molar-refractivity contribution < 1.29 is 4.74 Å². The van der Waals surface area contributed by atoms with Gasteiger partial charge in [-0.3, -0.25) is 0 Å². The number of likely N-dealkylation sites (N-methyl/N-ethyl adjacent to an activating group) is 1. The second kappa shape index (κ2) is 8.18. The number of nitrogens with zero attached hydrogens (tertiary/aromatic N) is 1. The molecule has 1 rings (SSSR count). The molecule has 0 aliphatic rings. The third kappa shape index (κ3) is 5.21. The molecular formula is C16H28N2O. The number of nitrogens with one attached hydrogen (secondary N) is 1. The van der Waals surface area contributed by atoms with Crippen molar-refractivity contribution in [3.05, 3.63) is 29.8 Å². The molecule has 0 saturated heterocycles. The van der Waals surface area contributed by atoms with Crippen LogP contribution in [-0.4, -0.2) is 38.7 Å². The molecular weight excluding hydrogens is 236 g/mol. The Kier molecular flexibility index (Phi) is 6.89. The lowest BCUT2D eigenvalue weighted by molar-refractivity contribution is 0.312. The fourth-order valence-electron chi connectivity index (χ4n) is 2.29. The summed E-state index contributed by atoms with van der Waals surface area (Å²) in [4.78, 5) is 2.22. The molecule has 3 nitrogen and oxygen atoms in total. The predicted octanol–water partition coefficient (Wildman–Crippen LogP) is 3.08. The molecule has 0 amide bonds. The molecule has 0 aliphatic heterocycles. The zero-order valence-corrected chi connectivity index (χ0v) is 12.9. The average Bonchev–Trinajstić information content (AvgIpc) is 2.43. The topological polar surface area (TPSA) is 24.5 Å². The molecule has 0 saturated carbocycles. The molecule has 1 atom stereocenters. The van der Waals surface area contributed by atoms with Gasteiger partial charge in [-0.1, -0.05) is 26.0 Å². The van der Waals surface area contributed by atoms with Crippen molar-refractivity contribution in [1.82, 2.24) is 10.2 Å². The number of rotatable bonds is 8. The van der Waals surface area contributed by atoms with Crippen LogP contribution >= 0.6 is 0 Å². The van der Waals surface area contributed by atoms with Crippen LogP contribution in [0.15, 0.2) is 24.3 Å². The average molecular weight is 264 g/mol. The Balaban J connectivity index is 2.88. The van der Waals surface area contributed by atoms with Gasteiger partial charge in [0.05, 0.1) is 7.11 Å². The van der Waals surface area contributed by atoms with Gasteiger partial charge in [0, 0.05) is 18.6 Å². The maximum absolute atomic E-state index is 5.33. The van der Waals surface area contributed by atoms with Gasteiger partial charge in [0.25, 0.3) is 0 Å². The molecule has 0 heterocycles.